The SMILES string of the molecule is CCCCCOc1c(OC)cc(NC(C)CCCNC(=O)NCCCC(C)Nc2cc(OC)c(OCCCCC)c3c(CC)ccnc23)c2nccc(CC)c12.Cl.Cl. The van der Waals surface area contributed by atoms with E-state index in [2.05, 4.69) is 74.9 Å². The number of halogens is 2. The third-order valence-corrected chi connectivity index (χ3v) is 10.2. The van der Waals surface area contributed by atoms with E-state index >= 15 is 0 Å². The van der Waals surface area contributed by atoms with Crippen LogP contribution in [0.15, 0.2) is 36.7 Å². The molecule has 4 aromatic rings. The van der Waals surface area contributed by atoms with Gasteiger partial charge in [0.05, 0.1) is 60.6 Å². The molecule has 0 aliphatic carbocycles. The molecule has 0 bridgehead atoms. The molecule has 0 spiro atoms. The van der Waals surface area contributed by atoms with E-state index in [0.717, 1.165) is 122 Å². The van der Waals surface area contributed by atoms with Crippen molar-refractivity contribution in [1.29, 1.82) is 0 Å². The summed E-state index contributed by atoms with van der Waals surface area (Å²) in [6, 6.07) is 8.29. The Bertz CT molecular complexity index is 1700. The fourth-order valence-corrected chi connectivity index (χ4v) is 7.10. The second-order valence-electron chi connectivity index (χ2n) is 14.7. The lowest BCUT2D eigenvalue weighted by Crippen LogP contribution is -2.37. The zero-order valence-corrected chi connectivity index (χ0v) is 37.8. The number of amides is 2. The minimum atomic E-state index is -0.144. The van der Waals surface area contributed by atoms with Crippen LogP contribution in [0.4, 0.5) is 16.2 Å². The molecular formula is C45H70Cl2N6O5. The van der Waals surface area contributed by atoms with Gasteiger partial charge in [0, 0.05) is 49.7 Å². The highest BCUT2D eigenvalue weighted by molar-refractivity contribution is 6.00. The first kappa shape index (κ1) is 50.1. The molecule has 2 heterocycles. The van der Waals surface area contributed by atoms with Crippen molar-refractivity contribution in [3.63, 3.8) is 0 Å². The van der Waals surface area contributed by atoms with E-state index < -0.39 is 0 Å². The minimum absolute atomic E-state index is 0. The predicted octanol–water partition coefficient (Wildman–Crippen LogP) is 11.1. The Labute approximate surface area is 359 Å². The van der Waals surface area contributed by atoms with Gasteiger partial charge in [-0.3, -0.25) is 9.97 Å². The van der Waals surface area contributed by atoms with Crippen LogP contribution in [-0.2, 0) is 12.8 Å². The Hall–Kier alpha value is -4.09. The van der Waals surface area contributed by atoms with Gasteiger partial charge >= 0.3 is 6.03 Å². The van der Waals surface area contributed by atoms with Gasteiger partial charge in [0.25, 0.3) is 0 Å². The number of hydrogen-bond acceptors (Lipinski definition) is 9. The van der Waals surface area contributed by atoms with Crippen molar-refractivity contribution in [2.75, 3.05) is 51.2 Å². The zero-order chi connectivity index (χ0) is 40.3. The highest BCUT2D eigenvalue weighted by atomic mass is 35.5. The molecule has 4 rings (SSSR count). The van der Waals surface area contributed by atoms with Gasteiger partial charge < -0.3 is 40.2 Å². The van der Waals surface area contributed by atoms with Crippen LogP contribution in [0, 0.1) is 0 Å². The summed E-state index contributed by atoms with van der Waals surface area (Å²) in [5, 5.41) is 15.4. The molecule has 2 aromatic carbocycles. The molecule has 0 aliphatic heterocycles. The molecule has 58 heavy (non-hydrogen) atoms. The van der Waals surface area contributed by atoms with E-state index in [1.807, 2.05) is 24.5 Å². The minimum Gasteiger partial charge on any atom is -0.493 e. The first-order chi connectivity index (χ1) is 27.3. The van der Waals surface area contributed by atoms with Gasteiger partial charge in [-0.2, -0.15) is 0 Å². The molecule has 324 valence electrons. The monoisotopic (exact) mass is 844 g/mol. The number of nitrogens with one attached hydrogen (secondary N) is 4. The van der Waals surface area contributed by atoms with E-state index in [-0.39, 0.29) is 42.9 Å². The molecule has 4 N–H and O–H groups in total. The third-order valence-electron chi connectivity index (χ3n) is 10.2. The number of unbranched alkanes of at least 4 members (excludes halogenated alkanes) is 4. The number of aryl methyl sites for hydroxylation is 2. The highest BCUT2D eigenvalue weighted by Crippen LogP contribution is 2.43. The number of nitrogens with zero attached hydrogens (tertiary/aromatic N) is 2. The van der Waals surface area contributed by atoms with Crippen molar-refractivity contribution in [2.45, 2.75) is 131 Å². The summed E-state index contributed by atoms with van der Waals surface area (Å²) < 4.78 is 24.3. The van der Waals surface area contributed by atoms with Crippen LogP contribution < -0.4 is 40.2 Å². The average molecular weight is 846 g/mol. The van der Waals surface area contributed by atoms with E-state index in [0.29, 0.717) is 37.8 Å². The van der Waals surface area contributed by atoms with Crippen molar-refractivity contribution in [3.05, 3.63) is 47.8 Å². The van der Waals surface area contributed by atoms with Crippen LogP contribution in [0.2, 0.25) is 0 Å². The number of anilines is 2. The van der Waals surface area contributed by atoms with Crippen LogP contribution in [-0.4, -0.2) is 68.6 Å². The summed E-state index contributed by atoms with van der Waals surface area (Å²) in [4.78, 5) is 22.2. The second kappa shape index (κ2) is 26.8. The standard InChI is InChI=1S/C45H68N6O5.2ClH/c1-9-13-15-27-55-43-37(53-7)29-35(41-39(43)33(11-3)21-25-46-41)50-31(5)19-17-23-48-45(52)49-24-18-20-32(6)51-36-30-38(54-8)44(56-28-16-14-10-2)40-34(12-4)22-26-47-42(36)40;;/h21-22,25-26,29-32,50-51H,9-20,23-24,27-28H2,1-8H3,(H2,48,49,52);2*1H. The van der Waals surface area contributed by atoms with Crippen LogP contribution in [0.25, 0.3) is 21.8 Å². The second-order valence-corrected chi connectivity index (χ2v) is 14.7. The average Bonchev–Trinajstić information content (AvgIpc) is 3.21. The summed E-state index contributed by atoms with van der Waals surface area (Å²) in [5.41, 5.74) is 5.99. The number of fused-ring (bicyclic) bond motifs is 2. The number of rotatable bonds is 26. The number of methoxy groups -OCH3 is 2. The Morgan fingerprint density at radius 1 is 0.638 bits per heavy atom. The summed E-state index contributed by atoms with van der Waals surface area (Å²) >= 11 is 0. The summed E-state index contributed by atoms with van der Waals surface area (Å²) in [7, 11) is 3.38. The number of pyridine rings is 2. The van der Waals surface area contributed by atoms with Crippen molar-refractivity contribution in [2.24, 2.45) is 0 Å². The first-order valence-corrected chi connectivity index (χ1v) is 21.1. The molecule has 11 nitrogen and oxygen atoms in total. The molecule has 2 aromatic heterocycles. The van der Waals surface area contributed by atoms with Gasteiger partial charge in [0.2, 0.25) is 0 Å². The number of urea groups is 1. The number of hydrogen-bond donors (Lipinski definition) is 4. The maximum atomic E-state index is 12.6. The van der Waals surface area contributed by atoms with Gasteiger partial charge in [-0.05, 0) is 88.5 Å². The molecule has 2 atom stereocenters. The fourth-order valence-electron chi connectivity index (χ4n) is 7.10. The van der Waals surface area contributed by atoms with E-state index in [1.165, 1.54) is 11.1 Å². The number of carbonyl (C=O) groups is 1. The summed E-state index contributed by atoms with van der Waals surface area (Å²) in [5.74, 6) is 2.97. The van der Waals surface area contributed by atoms with Crippen molar-refractivity contribution >= 4 is 64.0 Å². The Morgan fingerprint density at radius 2 is 1.05 bits per heavy atom. The number of benzene rings is 2. The normalized spacial score (nSPS) is 11.9. The van der Waals surface area contributed by atoms with E-state index in [9.17, 15) is 4.79 Å². The van der Waals surface area contributed by atoms with Crippen LogP contribution in [0.3, 0.4) is 0 Å². The van der Waals surface area contributed by atoms with Gasteiger partial charge in [-0.1, -0.05) is 53.4 Å². The molecule has 2 amide bonds. The molecule has 0 saturated carbocycles. The van der Waals surface area contributed by atoms with Crippen molar-refractivity contribution in [3.8, 4) is 23.0 Å². The summed E-state index contributed by atoms with van der Waals surface area (Å²) in [6.45, 7) is 15.5. The predicted molar refractivity (Wildman–Crippen MR) is 246 cm³/mol. The van der Waals surface area contributed by atoms with Crippen LogP contribution in [0.1, 0.15) is 117 Å². The highest BCUT2D eigenvalue weighted by Gasteiger charge is 2.21. The molecule has 2 unspecified atom stereocenters. The summed E-state index contributed by atoms with van der Waals surface area (Å²) in [6.07, 6.45) is 15.4. The van der Waals surface area contributed by atoms with E-state index in [1.54, 1.807) is 14.2 Å². The number of ether oxygens (including phenoxy) is 4. The lowest BCUT2D eigenvalue weighted by atomic mass is 10.0. The molecule has 0 saturated heterocycles. The molecule has 13 heteroatoms. The maximum absolute atomic E-state index is 12.6. The van der Waals surface area contributed by atoms with Crippen molar-refractivity contribution < 1.29 is 23.7 Å². The number of carbonyl (C=O) groups excluding carboxylic acids is 1. The topological polar surface area (TPSA) is 128 Å². The fraction of sp³-hybridized carbons (Fsp3) is 0.578. The zero-order valence-electron chi connectivity index (χ0n) is 36.2. The Kier molecular flexibility index (Phi) is 23.1. The lowest BCUT2D eigenvalue weighted by molar-refractivity contribution is 0.240. The third kappa shape index (κ3) is 14.0. The van der Waals surface area contributed by atoms with Crippen LogP contribution >= 0.6 is 24.8 Å². The largest absolute Gasteiger partial charge is 0.493 e. The molecule has 0 fully saturated rings. The first-order valence-electron chi connectivity index (χ1n) is 21.1. The van der Waals surface area contributed by atoms with Gasteiger partial charge in [-0.15, -0.1) is 24.8 Å². The molecular weight excluding hydrogens is 775 g/mol. The van der Waals surface area contributed by atoms with Gasteiger partial charge in [0.15, 0.2) is 23.0 Å². The smallest absolute Gasteiger partial charge is 0.314 e. The van der Waals surface area contributed by atoms with Crippen molar-refractivity contribution in [1.82, 2.24) is 20.6 Å². The lowest BCUT2D eigenvalue weighted by Gasteiger charge is -2.21. The Balaban J connectivity index is 0.00000580. The number of aromatic nitrogens is 2. The molecule has 0 radical (unpaired) electrons. The molecule has 0 aliphatic rings. The van der Waals surface area contributed by atoms with Crippen LogP contribution in [0.5, 0.6) is 23.0 Å². The Morgan fingerprint density at radius 3 is 1.41 bits per heavy atom. The van der Waals surface area contributed by atoms with Gasteiger partial charge in [0.1, 0.15) is 0 Å². The quantitative estimate of drug-likeness (QED) is 0.0457. The maximum Gasteiger partial charge on any atom is 0.314 e. The van der Waals surface area contributed by atoms with E-state index in [4.69, 9.17) is 28.9 Å². The van der Waals surface area contributed by atoms with Gasteiger partial charge in [-0.25, -0.2) is 4.79 Å².